The van der Waals surface area contributed by atoms with Gasteiger partial charge in [0.25, 0.3) is 0 Å². The van der Waals surface area contributed by atoms with Crippen LogP contribution in [0.25, 0.3) is 0 Å². The monoisotopic (exact) mass is 678 g/mol. The second-order valence-corrected chi connectivity index (χ2v) is 13.7. The van der Waals surface area contributed by atoms with Crippen LogP contribution in [0.3, 0.4) is 0 Å². The molecule has 0 aliphatic heterocycles. The maximum atomic E-state index is 12.2. The second kappa shape index (κ2) is 32.3. The van der Waals surface area contributed by atoms with Gasteiger partial charge in [0.05, 0.1) is 26.4 Å². The van der Waals surface area contributed by atoms with Gasteiger partial charge in [0.1, 0.15) is 12.2 Å². The zero-order valence-electron chi connectivity index (χ0n) is 29.0. The van der Waals surface area contributed by atoms with Crippen LogP contribution in [0, 0.1) is 0 Å². The molecule has 0 rings (SSSR count). The molecule has 0 bridgehead atoms. The van der Waals surface area contributed by atoms with Crippen molar-refractivity contribution in [3.8, 4) is 0 Å². The van der Waals surface area contributed by atoms with E-state index in [0.29, 0.717) is 12.8 Å². The minimum absolute atomic E-state index is 0.189. The van der Waals surface area contributed by atoms with E-state index in [4.69, 9.17) is 18.5 Å². The number of esters is 2. The zero-order chi connectivity index (χ0) is 34.1. The molecule has 0 aliphatic carbocycles. The molecule has 3 N–H and O–H groups in total. The minimum Gasteiger partial charge on any atom is -0.457 e. The van der Waals surface area contributed by atoms with Crippen LogP contribution >= 0.6 is 7.82 Å². The van der Waals surface area contributed by atoms with Crippen LogP contribution in [0.2, 0.25) is 0 Å². The van der Waals surface area contributed by atoms with Gasteiger partial charge in [-0.25, -0.2) is 4.57 Å². The van der Waals surface area contributed by atoms with Gasteiger partial charge in [-0.15, -0.1) is 0 Å². The van der Waals surface area contributed by atoms with E-state index in [2.05, 4.69) is 26.0 Å². The summed E-state index contributed by atoms with van der Waals surface area (Å²) in [5.74, 6) is -1.03. The molecule has 10 nitrogen and oxygen atoms in total. The average molecular weight is 679 g/mol. The fourth-order valence-corrected chi connectivity index (χ4v) is 5.66. The van der Waals surface area contributed by atoms with E-state index >= 15 is 0 Å². The Morgan fingerprint density at radius 1 is 0.565 bits per heavy atom. The predicted octanol–water partition coefficient (Wildman–Crippen LogP) is 8.50. The summed E-state index contributed by atoms with van der Waals surface area (Å²) in [6.45, 7) is 2.08. The number of aliphatic hydroxyl groups is 2. The van der Waals surface area contributed by atoms with Crippen LogP contribution in [0.5, 0.6) is 0 Å². The van der Waals surface area contributed by atoms with Crippen molar-refractivity contribution in [2.24, 2.45) is 0 Å². The van der Waals surface area contributed by atoms with Crippen molar-refractivity contribution in [1.82, 2.24) is 0 Å². The Balaban J connectivity index is 3.90. The maximum Gasteiger partial charge on any atom is 0.472 e. The van der Waals surface area contributed by atoms with E-state index in [0.717, 1.165) is 51.4 Å². The number of phosphoric acid groups is 1. The summed E-state index contributed by atoms with van der Waals surface area (Å²) < 4.78 is 32.2. The number of carbonyl (C=O) groups is 2. The molecule has 0 saturated heterocycles. The lowest BCUT2D eigenvalue weighted by atomic mass is 10.1. The number of rotatable bonds is 34. The SMILES string of the molecule is CCCCCCCCC/C=C\CCCCCCCCCC(=O)OC(CO)COP(=O)(O)OCC(CO)OC(=O)CCCCCCC. The van der Waals surface area contributed by atoms with E-state index in [1.165, 1.54) is 70.6 Å². The number of hydrogen-bond donors (Lipinski definition) is 3. The zero-order valence-corrected chi connectivity index (χ0v) is 29.9. The van der Waals surface area contributed by atoms with Crippen molar-refractivity contribution < 1.29 is 47.8 Å². The summed E-state index contributed by atoms with van der Waals surface area (Å²) in [6.07, 6.45) is 26.7. The number of ether oxygens (including phenoxy) is 2. The Kier molecular flexibility index (Phi) is 31.4. The fourth-order valence-electron chi connectivity index (χ4n) is 4.87. The first-order valence-corrected chi connectivity index (χ1v) is 19.6. The Bertz CT molecular complexity index is 791. The molecule has 0 spiro atoms. The Hall–Kier alpha value is -1.29. The lowest BCUT2D eigenvalue weighted by Crippen LogP contribution is -2.28. The number of carbonyl (C=O) groups excluding carboxylic acids is 2. The van der Waals surface area contributed by atoms with E-state index in [-0.39, 0.29) is 12.8 Å². The smallest absolute Gasteiger partial charge is 0.457 e. The van der Waals surface area contributed by atoms with Gasteiger partial charge in [-0.1, -0.05) is 122 Å². The van der Waals surface area contributed by atoms with Crippen LogP contribution in [-0.2, 0) is 32.7 Å². The summed E-state index contributed by atoms with van der Waals surface area (Å²) >= 11 is 0. The molecule has 3 atom stereocenters. The Labute approximate surface area is 279 Å². The van der Waals surface area contributed by atoms with Crippen molar-refractivity contribution in [3.63, 3.8) is 0 Å². The molecule has 46 heavy (non-hydrogen) atoms. The molecule has 0 amide bonds. The van der Waals surface area contributed by atoms with Crippen LogP contribution in [-0.4, -0.2) is 65.7 Å². The highest BCUT2D eigenvalue weighted by molar-refractivity contribution is 7.47. The molecule has 0 fully saturated rings. The van der Waals surface area contributed by atoms with Gasteiger partial charge in [0.2, 0.25) is 0 Å². The molecule has 0 aromatic heterocycles. The molecule has 0 heterocycles. The van der Waals surface area contributed by atoms with E-state index in [1.54, 1.807) is 0 Å². The highest BCUT2D eigenvalue weighted by Crippen LogP contribution is 2.43. The van der Waals surface area contributed by atoms with Gasteiger partial charge < -0.3 is 24.6 Å². The van der Waals surface area contributed by atoms with Crippen LogP contribution < -0.4 is 0 Å². The topological polar surface area (TPSA) is 149 Å². The molecule has 272 valence electrons. The lowest BCUT2D eigenvalue weighted by molar-refractivity contribution is -0.153. The molecule has 11 heteroatoms. The summed E-state index contributed by atoms with van der Waals surface area (Å²) in [5.41, 5.74) is 0. The van der Waals surface area contributed by atoms with E-state index in [9.17, 15) is 29.3 Å². The van der Waals surface area contributed by atoms with Gasteiger partial charge in [0.15, 0.2) is 0 Å². The first-order chi connectivity index (χ1) is 22.3. The lowest BCUT2D eigenvalue weighted by Gasteiger charge is -2.20. The minimum atomic E-state index is -4.61. The van der Waals surface area contributed by atoms with Crippen molar-refractivity contribution in [2.75, 3.05) is 26.4 Å². The third-order valence-corrected chi connectivity index (χ3v) is 8.68. The molecular weight excluding hydrogens is 611 g/mol. The summed E-state index contributed by atoms with van der Waals surface area (Å²) in [4.78, 5) is 34.0. The number of unbranched alkanes of at least 4 members (excludes halogenated alkanes) is 18. The molecule has 0 aromatic carbocycles. The molecule has 0 saturated carbocycles. The van der Waals surface area contributed by atoms with Gasteiger partial charge in [-0.2, -0.15) is 0 Å². The Morgan fingerprint density at radius 2 is 0.891 bits per heavy atom. The van der Waals surface area contributed by atoms with E-state index < -0.39 is 58.4 Å². The summed E-state index contributed by atoms with van der Waals surface area (Å²) in [7, 11) is -4.61. The number of hydrogen-bond acceptors (Lipinski definition) is 9. The predicted molar refractivity (Wildman–Crippen MR) is 182 cm³/mol. The van der Waals surface area contributed by atoms with E-state index in [1.807, 2.05) is 0 Å². The van der Waals surface area contributed by atoms with Gasteiger partial charge in [0, 0.05) is 12.8 Å². The molecule has 0 aromatic rings. The summed E-state index contributed by atoms with van der Waals surface area (Å²) in [6, 6.07) is 0. The van der Waals surface area contributed by atoms with Gasteiger partial charge >= 0.3 is 19.8 Å². The molecule has 3 unspecified atom stereocenters. The third kappa shape index (κ3) is 30.1. The fraction of sp³-hybridized carbons (Fsp3) is 0.886. The standard InChI is InChI=1S/C35H67O10P/c1-3-5-7-9-10-11-12-13-14-15-16-17-18-19-20-21-23-25-27-35(39)45-33(29-37)31-43-46(40,41)42-30-32(28-36)44-34(38)26-24-22-8-6-4-2/h14-15,32-33,36-37H,3-13,16-31H2,1-2H3,(H,40,41)/b15-14-. The summed E-state index contributed by atoms with van der Waals surface area (Å²) in [5, 5.41) is 18.9. The largest absolute Gasteiger partial charge is 0.472 e. The van der Waals surface area contributed by atoms with Gasteiger partial charge in [-0.3, -0.25) is 18.6 Å². The molecular formula is C35H67O10P. The van der Waals surface area contributed by atoms with Crippen LogP contribution in [0.1, 0.15) is 162 Å². The van der Waals surface area contributed by atoms with Crippen molar-refractivity contribution in [1.29, 1.82) is 0 Å². The first kappa shape index (κ1) is 44.7. The third-order valence-electron chi connectivity index (χ3n) is 7.73. The first-order valence-electron chi connectivity index (χ1n) is 18.1. The number of phosphoric ester groups is 1. The second-order valence-electron chi connectivity index (χ2n) is 12.2. The van der Waals surface area contributed by atoms with Crippen LogP contribution in [0.4, 0.5) is 0 Å². The highest BCUT2D eigenvalue weighted by Gasteiger charge is 2.27. The highest BCUT2D eigenvalue weighted by atomic mass is 31.2. The number of aliphatic hydroxyl groups excluding tert-OH is 2. The van der Waals surface area contributed by atoms with Crippen molar-refractivity contribution >= 4 is 19.8 Å². The van der Waals surface area contributed by atoms with Crippen LogP contribution in [0.15, 0.2) is 12.2 Å². The average Bonchev–Trinajstić information content (AvgIpc) is 3.04. The number of allylic oxidation sites excluding steroid dienone is 2. The van der Waals surface area contributed by atoms with Gasteiger partial charge in [-0.05, 0) is 38.5 Å². The van der Waals surface area contributed by atoms with Crippen molar-refractivity contribution in [3.05, 3.63) is 12.2 Å². The molecule has 0 aliphatic rings. The van der Waals surface area contributed by atoms with Crippen molar-refractivity contribution in [2.45, 2.75) is 174 Å². The molecule has 0 radical (unpaired) electrons. The maximum absolute atomic E-state index is 12.2. The Morgan fingerprint density at radius 3 is 1.24 bits per heavy atom. The normalized spacial score (nSPS) is 14.3. The quantitative estimate of drug-likeness (QED) is 0.0262.